The number of aliphatic hydroxyl groups is 1. The Kier molecular flexibility index (Phi) is 8.57. The monoisotopic (exact) mass is 426 g/mol. The van der Waals surface area contributed by atoms with E-state index in [4.69, 9.17) is 5.73 Å². The lowest BCUT2D eigenvalue weighted by Crippen LogP contribution is -2.25. The van der Waals surface area contributed by atoms with E-state index in [0.29, 0.717) is 18.9 Å². The van der Waals surface area contributed by atoms with Gasteiger partial charge in [0.25, 0.3) is 0 Å². The van der Waals surface area contributed by atoms with Crippen LogP contribution >= 0.6 is 24.0 Å². The van der Waals surface area contributed by atoms with Gasteiger partial charge in [-0.25, -0.2) is 0 Å². The summed E-state index contributed by atoms with van der Waals surface area (Å²) in [5.74, 6) is 0.358. The number of aryl methyl sites for hydroxylation is 1. The molecule has 0 amide bonds. The quantitative estimate of drug-likeness (QED) is 0.377. The number of nitrogens with one attached hydrogen (secondary N) is 1. The average molecular weight is 426 g/mol. The van der Waals surface area contributed by atoms with E-state index < -0.39 is 0 Å². The van der Waals surface area contributed by atoms with Crippen LogP contribution in [0.1, 0.15) is 11.3 Å². The smallest absolute Gasteiger partial charge is 0.193 e. The van der Waals surface area contributed by atoms with Crippen molar-refractivity contribution in [1.29, 1.82) is 0 Å². The molecule has 0 fully saturated rings. The summed E-state index contributed by atoms with van der Waals surface area (Å²) >= 11 is 0. The maximum Gasteiger partial charge on any atom is 0.193 e. The Morgan fingerprint density at radius 2 is 2.00 bits per heavy atom. The Morgan fingerprint density at radius 3 is 2.61 bits per heavy atom. The fourth-order valence-electron chi connectivity index (χ4n) is 2.05. The minimum atomic E-state index is 0. The minimum absolute atomic E-state index is 0. The molecule has 23 heavy (non-hydrogen) atoms. The van der Waals surface area contributed by atoms with Crippen LogP contribution in [0.25, 0.3) is 0 Å². The second-order valence-corrected chi connectivity index (χ2v) is 5.29. The Hall–Kier alpha value is -1.67. The zero-order chi connectivity index (χ0) is 15.8. The highest BCUT2D eigenvalue weighted by molar-refractivity contribution is 14.0. The lowest BCUT2D eigenvalue weighted by atomic mass is 10.0. The molecule has 2 aromatic rings. The average Bonchev–Trinajstić information content (AvgIpc) is 2.54. The van der Waals surface area contributed by atoms with Crippen molar-refractivity contribution in [1.82, 2.24) is 4.98 Å². The second-order valence-electron chi connectivity index (χ2n) is 5.29. The lowest BCUT2D eigenvalue weighted by Gasteiger charge is -2.12. The van der Waals surface area contributed by atoms with E-state index in [1.165, 1.54) is 5.56 Å². The Balaban J connectivity index is 0.00000264. The highest BCUT2D eigenvalue weighted by atomic mass is 127. The summed E-state index contributed by atoms with van der Waals surface area (Å²) in [6.45, 7) is 2.54. The van der Waals surface area contributed by atoms with E-state index in [9.17, 15) is 5.11 Å². The number of aliphatic imine (C=N–C) groups is 1. The number of pyridine rings is 1. The standard InChI is InChI=1S/C17H22N4O.HI/c1-13-5-7-15(8-6-13)21-17(18)20-11-14(12-22)10-16-4-2-3-9-19-16;/h2-9,14,22H,10-12H2,1H3,(H3,18,20,21);1H. The number of nitrogens with two attached hydrogens (primary N) is 1. The molecule has 0 radical (unpaired) electrons. The number of rotatable bonds is 6. The van der Waals surface area contributed by atoms with Crippen molar-refractivity contribution < 1.29 is 5.11 Å². The topological polar surface area (TPSA) is 83.5 Å². The fourth-order valence-corrected chi connectivity index (χ4v) is 2.05. The summed E-state index contributed by atoms with van der Waals surface area (Å²) in [5.41, 5.74) is 8.92. The predicted octanol–water partition coefficient (Wildman–Crippen LogP) is 2.59. The third-order valence-corrected chi connectivity index (χ3v) is 3.33. The Labute approximate surface area is 154 Å². The maximum atomic E-state index is 9.46. The first-order chi connectivity index (χ1) is 10.7. The molecule has 0 spiro atoms. The third kappa shape index (κ3) is 6.96. The van der Waals surface area contributed by atoms with Gasteiger partial charge in [0.15, 0.2) is 5.96 Å². The van der Waals surface area contributed by atoms with E-state index in [1.807, 2.05) is 49.4 Å². The number of aromatic nitrogens is 1. The van der Waals surface area contributed by atoms with E-state index in [-0.39, 0.29) is 36.5 Å². The molecule has 1 aromatic carbocycles. The van der Waals surface area contributed by atoms with Crippen LogP contribution in [-0.2, 0) is 6.42 Å². The molecular weight excluding hydrogens is 403 g/mol. The molecule has 0 aliphatic heterocycles. The summed E-state index contributed by atoms with van der Waals surface area (Å²) in [4.78, 5) is 8.57. The van der Waals surface area contributed by atoms with Gasteiger partial charge in [-0.05, 0) is 37.6 Å². The number of aliphatic hydroxyl groups excluding tert-OH is 1. The molecule has 0 saturated heterocycles. The van der Waals surface area contributed by atoms with E-state index in [0.717, 1.165) is 11.4 Å². The van der Waals surface area contributed by atoms with Gasteiger partial charge in [0.05, 0.1) is 0 Å². The van der Waals surface area contributed by atoms with Crippen LogP contribution in [0.15, 0.2) is 53.7 Å². The molecule has 5 nitrogen and oxygen atoms in total. The predicted molar refractivity (Wildman–Crippen MR) is 105 cm³/mol. The van der Waals surface area contributed by atoms with Gasteiger partial charge in [0, 0.05) is 36.6 Å². The largest absolute Gasteiger partial charge is 0.396 e. The van der Waals surface area contributed by atoms with Gasteiger partial charge in [-0.15, -0.1) is 24.0 Å². The highest BCUT2D eigenvalue weighted by Gasteiger charge is 2.09. The molecule has 1 unspecified atom stereocenters. The summed E-state index contributed by atoms with van der Waals surface area (Å²) in [6.07, 6.45) is 2.43. The number of hydrogen-bond acceptors (Lipinski definition) is 3. The van der Waals surface area contributed by atoms with Gasteiger partial charge in [-0.1, -0.05) is 23.8 Å². The second kappa shape index (κ2) is 10.2. The zero-order valence-electron chi connectivity index (χ0n) is 13.1. The van der Waals surface area contributed by atoms with E-state index in [2.05, 4.69) is 15.3 Å². The molecule has 1 aromatic heterocycles. The molecule has 124 valence electrons. The van der Waals surface area contributed by atoms with Crippen LogP contribution < -0.4 is 11.1 Å². The maximum absolute atomic E-state index is 9.46. The van der Waals surface area contributed by atoms with Crippen LogP contribution in [0.4, 0.5) is 5.69 Å². The summed E-state index contributed by atoms with van der Waals surface area (Å²) in [7, 11) is 0. The van der Waals surface area contributed by atoms with Gasteiger partial charge >= 0.3 is 0 Å². The van der Waals surface area contributed by atoms with Crippen molar-refractivity contribution in [2.75, 3.05) is 18.5 Å². The number of guanidine groups is 1. The van der Waals surface area contributed by atoms with E-state index in [1.54, 1.807) is 6.20 Å². The first-order valence-corrected chi connectivity index (χ1v) is 7.31. The van der Waals surface area contributed by atoms with Gasteiger partial charge in [-0.2, -0.15) is 0 Å². The van der Waals surface area contributed by atoms with Gasteiger partial charge in [-0.3, -0.25) is 9.98 Å². The minimum Gasteiger partial charge on any atom is -0.396 e. The Bertz CT molecular complexity index is 602. The van der Waals surface area contributed by atoms with Crippen LogP contribution in [0.2, 0.25) is 0 Å². The lowest BCUT2D eigenvalue weighted by molar-refractivity contribution is 0.229. The van der Waals surface area contributed by atoms with Gasteiger partial charge < -0.3 is 16.2 Å². The van der Waals surface area contributed by atoms with Gasteiger partial charge in [0.1, 0.15) is 0 Å². The number of benzene rings is 1. The number of anilines is 1. The highest BCUT2D eigenvalue weighted by Crippen LogP contribution is 2.09. The van der Waals surface area contributed by atoms with Crippen molar-refractivity contribution in [3.63, 3.8) is 0 Å². The number of halogens is 1. The summed E-state index contributed by atoms with van der Waals surface area (Å²) < 4.78 is 0. The fraction of sp³-hybridized carbons (Fsp3) is 0.294. The molecule has 1 atom stereocenters. The first-order valence-electron chi connectivity index (χ1n) is 7.31. The molecule has 0 bridgehead atoms. The third-order valence-electron chi connectivity index (χ3n) is 3.33. The number of hydrogen-bond donors (Lipinski definition) is 3. The van der Waals surface area contributed by atoms with Crippen LogP contribution in [-0.4, -0.2) is 29.2 Å². The molecule has 0 aliphatic rings. The van der Waals surface area contributed by atoms with Gasteiger partial charge in [0.2, 0.25) is 0 Å². The van der Waals surface area contributed by atoms with Crippen molar-refractivity contribution in [3.05, 3.63) is 59.9 Å². The summed E-state index contributed by atoms with van der Waals surface area (Å²) in [5, 5.41) is 12.5. The molecule has 0 aliphatic carbocycles. The van der Waals surface area contributed by atoms with Crippen LogP contribution in [0.5, 0.6) is 0 Å². The molecule has 4 N–H and O–H groups in total. The molecular formula is C17H23IN4O. The summed E-state index contributed by atoms with van der Waals surface area (Å²) in [6, 6.07) is 13.7. The molecule has 2 rings (SSSR count). The zero-order valence-corrected chi connectivity index (χ0v) is 15.5. The van der Waals surface area contributed by atoms with Crippen LogP contribution in [0, 0.1) is 12.8 Å². The van der Waals surface area contributed by atoms with E-state index >= 15 is 0 Å². The van der Waals surface area contributed by atoms with Crippen molar-refractivity contribution in [2.24, 2.45) is 16.6 Å². The molecule has 6 heteroatoms. The van der Waals surface area contributed by atoms with Crippen LogP contribution in [0.3, 0.4) is 0 Å². The van der Waals surface area contributed by atoms with Crippen molar-refractivity contribution in [2.45, 2.75) is 13.3 Å². The SMILES string of the molecule is Cc1ccc(NC(N)=NCC(CO)Cc2ccccn2)cc1.I. The van der Waals surface area contributed by atoms with Crippen molar-refractivity contribution >= 4 is 35.6 Å². The Morgan fingerprint density at radius 1 is 1.26 bits per heavy atom. The molecule has 1 heterocycles. The first kappa shape index (κ1) is 19.4. The molecule has 0 saturated carbocycles. The normalized spacial score (nSPS) is 12.3. The number of nitrogens with zero attached hydrogens (tertiary/aromatic N) is 2. The van der Waals surface area contributed by atoms with Crippen molar-refractivity contribution in [3.8, 4) is 0 Å².